The molecule has 0 amide bonds. The monoisotopic (exact) mass is 327 g/mol. The fourth-order valence-corrected chi connectivity index (χ4v) is 4.13. The number of benzene rings is 1. The van der Waals surface area contributed by atoms with E-state index in [1.165, 1.54) is 55.5 Å². The van der Waals surface area contributed by atoms with Crippen molar-refractivity contribution in [3.8, 4) is 0 Å². The van der Waals surface area contributed by atoms with E-state index in [0.717, 1.165) is 0 Å². The van der Waals surface area contributed by atoms with Crippen molar-refractivity contribution in [3.63, 3.8) is 0 Å². The van der Waals surface area contributed by atoms with Crippen molar-refractivity contribution in [1.29, 1.82) is 0 Å². The molecule has 1 aliphatic rings. The summed E-state index contributed by atoms with van der Waals surface area (Å²) in [5, 5.41) is 0. The lowest BCUT2D eigenvalue weighted by Gasteiger charge is -2.47. The molecule has 0 N–H and O–H groups in total. The van der Waals surface area contributed by atoms with E-state index in [1.54, 1.807) is 0 Å². The van der Waals surface area contributed by atoms with Crippen molar-refractivity contribution in [3.05, 3.63) is 42.1 Å². The predicted octanol–water partition coefficient (Wildman–Crippen LogP) is 7.15. The lowest BCUT2D eigenvalue weighted by atomic mass is 9.61. The average Bonchev–Trinajstić information content (AvgIpc) is 2.61. The normalized spacial score (nSPS) is 27.3. The first-order valence-corrected chi connectivity index (χ1v) is 9.80. The molecule has 0 unspecified atom stereocenters. The van der Waals surface area contributed by atoms with Crippen molar-refractivity contribution >= 4 is 5.69 Å². The van der Waals surface area contributed by atoms with E-state index in [9.17, 15) is 0 Å². The Balaban J connectivity index is 2.16. The van der Waals surface area contributed by atoms with Crippen LogP contribution in [-0.2, 0) is 0 Å². The highest BCUT2D eigenvalue weighted by molar-refractivity contribution is 5.53. The van der Waals surface area contributed by atoms with Gasteiger partial charge in [-0.2, -0.15) is 0 Å². The quantitative estimate of drug-likeness (QED) is 0.536. The molecule has 1 saturated carbocycles. The van der Waals surface area contributed by atoms with Crippen LogP contribution in [0.5, 0.6) is 0 Å². The van der Waals surface area contributed by atoms with E-state index in [2.05, 4.69) is 77.4 Å². The third kappa shape index (κ3) is 3.71. The molecule has 0 atom stereocenters. The summed E-state index contributed by atoms with van der Waals surface area (Å²) in [6.07, 6.45) is 7.71. The SMILES string of the molecule is C=C(N(C)c1ccc(C(C)C)cc1)C1(CC)CCC(C)(CC)CC1. The summed E-state index contributed by atoms with van der Waals surface area (Å²) in [6.45, 7) is 16.2. The van der Waals surface area contributed by atoms with Crippen LogP contribution < -0.4 is 4.90 Å². The van der Waals surface area contributed by atoms with Crippen LogP contribution in [0.1, 0.15) is 84.6 Å². The van der Waals surface area contributed by atoms with Crippen LogP contribution in [0.2, 0.25) is 0 Å². The predicted molar refractivity (Wildman–Crippen MR) is 108 cm³/mol. The minimum atomic E-state index is 0.278. The van der Waals surface area contributed by atoms with Gasteiger partial charge >= 0.3 is 0 Å². The topological polar surface area (TPSA) is 3.24 Å². The fourth-order valence-electron chi connectivity index (χ4n) is 4.13. The molecule has 1 nitrogen and oxygen atoms in total. The van der Waals surface area contributed by atoms with Gasteiger partial charge in [0.25, 0.3) is 0 Å². The molecule has 0 heterocycles. The van der Waals surface area contributed by atoms with Crippen LogP contribution in [-0.4, -0.2) is 7.05 Å². The van der Waals surface area contributed by atoms with Gasteiger partial charge in [-0.1, -0.05) is 59.8 Å². The van der Waals surface area contributed by atoms with Crippen molar-refractivity contribution in [1.82, 2.24) is 0 Å². The number of nitrogens with zero attached hydrogens (tertiary/aromatic N) is 1. The van der Waals surface area contributed by atoms with Gasteiger partial charge in [0.15, 0.2) is 0 Å². The van der Waals surface area contributed by atoms with Gasteiger partial charge in [-0.15, -0.1) is 0 Å². The Kier molecular flexibility index (Phi) is 5.83. The van der Waals surface area contributed by atoms with E-state index in [-0.39, 0.29) is 5.41 Å². The Morgan fingerprint density at radius 3 is 2.00 bits per heavy atom. The van der Waals surface area contributed by atoms with Crippen LogP contribution in [0.4, 0.5) is 5.69 Å². The molecular formula is C23H37N. The van der Waals surface area contributed by atoms with Gasteiger partial charge in [0.1, 0.15) is 0 Å². The Labute approximate surface area is 150 Å². The molecule has 0 aliphatic heterocycles. The third-order valence-electron chi connectivity index (χ3n) is 6.91. The molecule has 2 rings (SSSR count). The number of rotatable bonds is 6. The van der Waals surface area contributed by atoms with Crippen molar-refractivity contribution < 1.29 is 0 Å². The zero-order chi connectivity index (χ0) is 18.0. The van der Waals surface area contributed by atoms with E-state index < -0.39 is 0 Å². The van der Waals surface area contributed by atoms with E-state index in [0.29, 0.717) is 11.3 Å². The number of hydrogen-bond acceptors (Lipinski definition) is 1. The molecule has 1 aromatic rings. The van der Waals surface area contributed by atoms with Crippen LogP contribution in [0.15, 0.2) is 36.5 Å². The summed E-state index contributed by atoms with van der Waals surface area (Å²) in [6, 6.07) is 9.03. The zero-order valence-corrected chi connectivity index (χ0v) is 16.8. The summed E-state index contributed by atoms with van der Waals surface area (Å²) < 4.78 is 0. The first kappa shape index (κ1) is 19.1. The molecule has 1 aliphatic carbocycles. The molecule has 1 heteroatoms. The maximum absolute atomic E-state index is 4.55. The lowest BCUT2D eigenvalue weighted by Crippen LogP contribution is -2.38. The Bertz CT molecular complexity index is 544. The van der Waals surface area contributed by atoms with Gasteiger partial charge in [0, 0.05) is 23.8 Å². The first-order chi connectivity index (χ1) is 11.3. The van der Waals surface area contributed by atoms with E-state index in [1.807, 2.05) is 0 Å². The fraction of sp³-hybridized carbons (Fsp3) is 0.652. The number of allylic oxidation sites excluding steroid dienone is 1. The summed E-state index contributed by atoms with van der Waals surface area (Å²) >= 11 is 0. The van der Waals surface area contributed by atoms with Crippen LogP contribution in [0.3, 0.4) is 0 Å². The van der Waals surface area contributed by atoms with Gasteiger partial charge in [-0.05, 0) is 61.1 Å². The highest BCUT2D eigenvalue weighted by Crippen LogP contribution is 2.52. The lowest BCUT2D eigenvalue weighted by molar-refractivity contribution is 0.108. The maximum Gasteiger partial charge on any atom is 0.0405 e. The second kappa shape index (κ2) is 7.33. The highest BCUT2D eigenvalue weighted by atomic mass is 15.1. The summed E-state index contributed by atoms with van der Waals surface area (Å²) in [5.74, 6) is 0.583. The molecule has 0 radical (unpaired) electrons. The number of anilines is 1. The largest absolute Gasteiger partial charge is 0.348 e. The van der Waals surface area contributed by atoms with Gasteiger partial charge in [-0.3, -0.25) is 0 Å². The van der Waals surface area contributed by atoms with Gasteiger partial charge in [0.2, 0.25) is 0 Å². The highest BCUT2D eigenvalue weighted by Gasteiger charge is 2.41. The molecule has 0 spiro atoms. The standard InChI is InChI=1S/C23H37N/c1-8-22(6)14-16-23(9-2,17-15-22)19(5)24(7)21-12-10-20(11-13-21)18(3)4/h10-13,18H,5,8-9,14-17H2,1-4,6-7H3. The van der Waals surface area contributed by atoms with Gasteiger partial charge < -0.3 is 4.90 Å². The van der Waals surface area contributed by atoms with Crippen molar-refractivity contribution in [2.45, 2.75) is 79.1 Å². The van der Waals surface area contributed by atoms with Crippen LogP contribution in [0.25, 0.3) is 0 Å². The molecule has 24 heavy (non-hydrogen) atoms. The van der Waals surface area contributed by atoms with Gasteiger partial charge in [-0.25, -0.2) is 0 Å². The summed E-state index contributed by atoms with van der Waals surface area (Å²) in [5.41, 5.74) is 4.79. The smallest absolute Gasteiger partial charge is 0.0405 e. The molecule has 1 fully saturated rings. The van der Waals surface area contributed by atoms with Gasteiger partial charge in [0.05, 0.1) is 0 Å². The third-order valence-corrected chi connectivity index (χ3v) is 6.91. The van der Waals surface area contributed by atoms with Crippen LogP contribution >= 0.6 is 0 Å². The molecule has 1 aromatic carbocycles. The Hall–Kier alpha value is -1.24. The molecule has 134 valence electrons. The summed E-state index contributed by atoms with van der Waals surface area (Å²) in [4.78, 5) is 2.34. The van der Waals surface area contributed by atoms with Crippen LogP contribution in [0, 0.1) is 10.8 Å². The van der Waals surface area contributed by atoms with Crippen molar-refractivity contribution in [2.24, 2.45) is 10.8 Å². The second-order valence-corrected chi connectivity index (χ2v) is 8.55. The van der Waals surface area contributed by atoms with Crippen molar-refractivity contribution in [2.75, 3.05) is 11.9 Å². The number of hydrogen-bond donors (Lipinski definition) is 0. The first-order valence-electron chi connectivity index (χ1n) is 9.80. The average molecular weight is 328 g/mol. The minimum absolute atomic E-state index is 0.278. The second-order valence-electron chi connectivity index (χ2n) is 8.55. The minimum Gasteiger partial charge on any atom is -0.348 e. The van der Waals surface area contributed by atoms with E-state index in [4.69, 9.17) is 0 Å². The summed E-state index contributed by atoms with van der Waals surface area (Å²) in [7, 11) is 2.19. The molecular weight excluding hydrogens is 290 g/mol. The molecule has 0 aromatic heterocycles. The molecule has 0 bridgehead atoms. The van der Waals surface area contributed by atoms with E-state index >= 15 is 0 Å². The molecule has 0 saturated heterocycles. The Morgan fingerprint density at radius 2 is 1.58 bits per heavy atom. The maximum atomic E-state index is 4.55. The Morgan fingerprint density at radius 1 is 1.04 bits per heavy atom. The zero-order valence-electron chi connectivity index (χ0n) is 16.8.